The molecule has 0 fully saturated rings. The molecule has 3 nitrogen and oxygen atoms in total. The second-order valence-electron chi connectivity index (χ2n) is 4.49. The number of aromatic nitrogens is 1. The van der Waals surface area contributed by atoms with Crippen molar-refractivity contribution in [1.29, 1.82) is 0 Å². The molecule has 0 aliphatic heterocycles. The zero-order valence-electron chi connectivity index (χ0n) is 11.8. The predicted molar refractivity (Wildman–Crippen MR) is 81.2 cm³/mol. The SMILES string of the molecule is CSc1ccc(C)c(C(=O)NCc2nc(C(F)(F)F)cs2)c1. The minimum atomic E-state index is -4.46. The van der Waals surface area contributed by atoms with Crippen LogP contribution in [0.4, 0.5) is 13.2 Å². The lowest BCUT2D eigenvalue weighted by atomic mass is 10.1. The third-order valence-corrected chi connectivity index (χ3v) is 4.51. The number of halogens is 3. The summed E-state index contributed by atoms with van der Waals surface area (Å²) < 4.78 is 37.4. The number of alkyl halides is 3. The molecule has 1 aromatic carbocycles. The van der Waals surface area contributed by atoms with Crippen molar-refractivity contribution in [3.63, 3.8) is 0 Å². The number of rotatable bonds is 4. The van der Waals surface area contributed by atoms with Crippen LogP contribution in [0.1, 0.15) is 26.6 Å². The first-order chi connectivity index (χ1) is 10.3. The van der Waals surface area contributed by atoms with Crippen LogP contribution in [-0.4, -0.2) is 17.1 Å². The predicted octanol–water partition coefficient (Wildman–Crippen LogP) is 4.12. The van der Waals surface area contributed by atoms with Crippen molar-refractivity contribution >= 4 is 29.0 Å². The smallest absolute Gasteiger partial charge is 0.346 e. The Balaban J connectivity index is 2.05. The first-order valence-corrected chi connectivity index (χ1v) is 8.36. The monoisotopic (exact) mass is 346 g/mol. The molecule has 0 bridgehead atoms. The molecule has 1 aromatic heterocycles. The van der Waals surface area contributed by atoms with Crippen LogP contribution in [0.5, 0.6) is 0 Å². The highest BCUT2D eigenvalue weighted by Gasteiger charge is 2.33. The van der Waals surface area contributed by atoms with Gasteiger partial charge in [0.15, 0.2) is 5.69 Å². The van der Waals surface area contributed by atoms with Gasteiger partial charge in [0.05, 0.1) is 6.54 Å². The average Bonchev–Trinajstić information content (AvgIpc) is 2.94. The van der Waals surface area contributed by atoms with Gasteiger partial charge in [0, 0.05) is 15.8 Å². The van der Waals surface area contributed by atoms with Gasteiger partial charge in [-0.05, 0) is 30.9 Å². The van der Waals surface area contributed by atoms with Gasteiger partial charge in [-0.2, -0.15) is 13.2 Å². The van der Waals surface area contributed by atoms with Gasteiger partial charge in [0.1, 0.15) is 5.01 Å². The van der Waals surface area contributed by atoms with Crippen molar-refractivity contribution in [2.45, 2.75) is 24.5 Å². The van der Waals surface area contributed by atoms with Crippen LogP contribution in [0.2, 0.25) is 0 Å². The highest BCUT2D eigenvalue weighted by Crippen LogP contribution is 2.30. The molecule has 1 N–H and O–H groups in total. The van der Waals surface area contributed by atoms with Crippen molar-refractivity contribution in [1.82, 2.24) is 10.3 Å². The van der Waals surface area contributed by atoms with Crippen LogP contribution in [0, 0.1) is 6.92 Å². The first kappa shape index (κ1) is 16.8. The number of nitrogens with zero attached hydrogens (tertiary/aromatic N) is 1. The van der Waals surface area contributed by atoms with Crippen LogP contribution in [0.25, 0.3) is 0 Å². The van der Waals surface area contributed by atoms with E-state index in [4.69, 9.17) is 0 Å². The van der Waals surface area contributed by atoms with Crippen LogP contribution in [0.3, 0.4) is 0 Å². The number of amides is 1. The number of carbonyl (C=O) groups excluding carboxylic acids is 1. The van der Waals surface area contributed by atoms with Crippen LogP contribution in [-0.2, 0) is 12.7 Å². The first-order valence-electron chi connectivity index (χ1n) is 6.25. The maximum Gasteiger partial charge on any atom is 0.434 e. The fourth-order valence-corrected chi connectivity index (χ4v) is 2.93. The molecule has 0 unspecified atom stereocenters. The molecule has 0 atom stereocenters. The van der Waals surface area contributed by atoms with E-state index in [0.29, 0.717) is 5.56 Å². The Morgan fingerprint density at radius 1 is 1.41 bits per heavy atom. The van der Waals surface area contributed by atoms with Crippen molar-refractivity contribution < 1.29 is 18.0 Å². The maximum atomic E-state index is 12.5. The molecular formula is C14H13F3N2OS2. The van der Waals surface area contributed by atoms with Gasteiger partial charge in [0.2, 0.25) is 0 Å². The van der Waals surface area contributed by atoms with Crippen LogP contribution >= 0.6 is 23.1 Å². The summed E-state index contributed by atoms with van der Waals surface area (Å²) in [6.07, 6.45) is -2.55. The van der Waals surface area contributed by atoms with E-state index in [1.54, 1.807) is 6.07 Å². The lowest BCUT2D eigenvalue weighted by Gasteiger charge is -2.08. The summed E-state index contributed by atoms with van der Waals surface area (Å²) in [6, 6.07) is 5.51. The van der Waals surface area contributed by atoms with E-state index >= 15 is 0 Å². The summed E-state index contributed by atoms with van der Waals surface area (Å²) >= 11 is 2.39. The van der Waals surface area contributed by atoms with Crippen molar-refractivity contribution in [3.8, 4) is 0 Å². The van der Waals surface area contributed by atoms with Crippen molar-refractivity contribution in [3.05, 3.63) is 45.4 Å². The molecule has 0 saturated heterocycles. The molecule has 1 heterocycles. The third kappa shape index (κ3) is 4.01. The molecule has 1 amide bonds. The molecule has 0 radical (unpaired) electrons. The number of thiazole rings is 1. The molecule has 0 aliphatic rings. The van der Waals surface area contributed by atoms with E-state index in [1.165, 1.54) is 11.8 Å². The number of benzene rings is 1. The Labute approximate surface area is 134 Å². The summed E-state index contributed by atoms with van der Waals surface area (Å²) in [7, 11) is 0. The largest absolute Gasteiger partial charge is 0.434 e. The second-order valence-corrected chi connectivity index (χ2v) is 6.31. The second kappa shape index (κ2) is 6.70. The molecule has 22 heavy (non-hydrogen) atoms. The van der Waals surface area contributed by atoms with E-state index in [0.717, 1.165) is 27.2 Å². The molecule has 2 rings (SSSR count). The topological polar surface area (TPSA) is 42.0 Å². The number of aryl methyl sites for hydroxylation is 1. The zero-order valence-corrected chi connectivity index (χ0v) is 13.5. The van der Waals surface area contributed by atoms with E-state index in [-0.39, 0.29) is 17.5 Å². The van der Waals surface area contributed by atoms with Gasteiger partial charge < -0.3 is 5.32 Å². The summed E-state index contributed by atoms with van der Waals surface area (Å²) in [4.78, 5) is 16.6. The fraction of sp³-hybridized carbons (Fsp3) is 0.286. The van der Waals surface area contributed by atoms with Gasteiger partial charge in [-0.15, -0.1) is 23.1 Å². The van der Waals surface area contributed by atoms with E-state index in [1.807, 2.05) is 25.3 Å². The Kier molecular flexibility index (Phi) is 5.12. The minimum Gasteiger partial charge on any atom is -0.346 e. The highest BCUT2D eigenvalue weighted by molar-refractivity contribution is 7.98. The van der Waals surface area contributed by atoms with Crippen molar-refractivity contribution in [2.24, 2.45) is 0 Å². The minimum absolute atomic E-state index is 0.0253. The maximum absolute atomic E-state index is 12.5. The molecule has 8 heteroatoms. The standard InChI is InChI=1S/C14H13F3N2OS2/c1-8-3-4-9(21-2)5-10(8)13(20)18-6-12-19-11(7-22-12)14(15,16)17/h3-5,7H,6H2,1-2H3,(H,18,20). The normalized spacial score (nSPS) is 11.5. The van der Waals surface area contributed by atoms with Gasteiger partial charge in [-0.1, -0.05) is 6.07 Å². The summed E-state index contributed by atoms with van der Waals surface area (Å²) in [5.41, 5.74) is 0.396. The van der Waals surface area contributed by atoms with E-state index < -0.39 is 11.9 Å². The molecule has 118 valence electrons. The Bertz CT molecular complexity index is 683. The lowest BCUT2D eigenvalue weighted by molar-refractivity contribution is -0.140. The fourth-order valence-electron chi connectivity index (χ4n) is 1.75. The quantitative estimate of drug-likeness (QED) is 0.847. The summed E-state index contributed by atoms with van der Waals surface area (Å²) in [6.45, 7) is 1.78. The van der Waals surface area contributed by atoms with Gasteiger partial charge in [-0.3, -0.25) is 4.79 Å². The Hall–Kier alpha value is -1.54. The van der Waals surface area contributed by atoms with E-state index in [2.05, 4.69) is 10.3 Å². The van der Waals surface area contributed by atoms with Gasteiger partial charge >= 0.3 is 6.18 Å². The molecular weight excluding hydrogens is 333 g/mol. The lowest BCUT2D eigenvalue weighted by Crippen LogP contribution is -2.23. The number of thioether (sulfide) groups is 1. The van der Waals surface area contributed by atoms with E-state index in [9.17, 15) is 18.0 Å². The third-order valence-electron chi connectivity index (χ3n) is 2.93. The average molecular weight is 346 g/mol. The number of nitrogens with one attached hydrogen (secondary N) is 1. The zero-order chi connectivity index (χ0) is 16.3. The number of hydrogen-bond donors (Lipinski definition) is 1. The summed E-state index contributed by atoms with van der Waals surface area (Å²) in [5.74, 6) is -0.322. The summed E-state index contributed by atoms with van der Waals surface area (Å²) in [5, 5.41) is 3.77. The molecule has 0 spiro atoms. The van der Waals surface area contributed by atoms with Gasteiger partial charge in [-0.25, -0.2) is 4.98 Å². The number of carbonyl (C=O) groups is 1. The molecule has 2 aromatic rings. The molecule has 0 aliphatic carbocycles. The van der Waals surface area contributed by atoms with Crippen molar-refractivity contribution in [2.75, 3.05) is 6.26 Å². The number of hydrogen-bond acceptors (Lipinski definition) is 4. The van der Waals surface area contributed by atoms with Gasteiger partial charge in [0.25, 0.3) is 5.91 Å². The molecule has 0 saturated carbocycles. The van der Waals surface area contributed by atoms with Crippen LogP contribution < -0.4 is 5.32 Å². The Morgan fingerprint density at radius 3 is 2.73 bits per heavy atom. The van der Waals surface area contributed by atoms with Crippen LogP contribution in [0.15, 0.2) is 28.5 Å². The Morgan fingerprint density at radius 2 is 2.14 bits per heavy atom. The highest BCUT2D eigenvalue weighted by atomic mass is 32.2.